The fraction of sp³-hybridized carbons (Fsp3) is 0.429. The van der Waals surface area contributed by atoms with E-state index in [0.717, 1.165) is 0 Å². The zero-order chi connectivity index (χ0) is 12.1. The van der Waals surface area contributed by atoms with Crippen molar-refractivity contribution < 1.29 is 16.8 Å². The lowest BCUT2D eigenvalue weighted by atomic mass is 10.2. The van der Waals surface area contributed by atoms with Crippen LogP contribution in [-0.2, 0) is 19.9 Å². The summed E-state index contributed by atoms with van der Waals surface area (Å²) in [6.45, 7) is 0. The lowest BCUT2D eigenvalue weighted by Gasteiger charge is -2.16. The molecule has 2 rings (SSSR count). The number of halogens is 1. The Hall–Kier alpha value is -0.150. The molecule has 0 radical (unpaired) electrons. The second-order valence-corrected chi connectivity index (χ2v) is 9.10. The third kappa shape index (κ3) is 2.00. The van der Waals surface area contributed by atoms with Crippen LogP contribution in [0.1, 0.15) is 17.4 Å². The van der Waals surface area contributed by atoms with E-state index in [1.807, 2.05) is 0 Å². The molecule has 9 heteroatoms. The first-order valence-electron chi connectivity index (χ1n) is 4.25. The highest BCUT2D eigenvalue weighted by molar-refractivity contribution is 7.95. The number of hydrogen-bond donors (Lipinski definition) is 1. The number of alkyl halides is 1. The molecule has 0 saturated heterocycles. The highest BCUT2D eigenvalue weighted by Crippen LogP contribution is 2.42. The van der Waals surface area contributed by atoms with Gasteiger partial charge in [0.15, 0.2) is 9.84 Å². The van der Waals surface area contributed by atoms with E-state index in [4.69, 9.17) is 16.7 Å². The summed E-state index contributed by atoms with van der Waals surface area (Å²) < 4.78 is 45.5. The minimum Gasteiger partial charge on any atom is -0.224 e. The molecule has 1 aliphatic heterocycles. The zero-order valence-electron chi connectivity index (χ0n) is 7.88. The molecule has 0 aliphatic carbocycles. The number of sulfone groups is 1. The summed E-state index contributed by atoms with van der Waals surface area (Å²) in [7, 11) is -7.28. The van der Waals surface area contributed by atoms with Gasteiger partial charge in [-0.05, 0) is 12.5 Å². The molecule has 0 spiro atoms. The van der Waals surface area contributed by atoms with Crippen LogP contribution < -0.4 is 5.14 Å². The molecule has 5 nitrogen and oxygen atoms in total. The molecule has 0 saturated carbocycles. The van der Waals surface area contributed by atoms with Gasteiger partial charge in [-0.2, -0.15) is 0 Å². The van der Waals surface area contributed by atoms with Gasteiger partial charge in [0.2, 0.25) is 10.0 Å². The van der Waals surface area contributed by atoms with E-state index in [-0.39, 0.29) is 20.6 Å². The molecule has 0 fully saturated rings. The van der Waals surface area contributed by atoms with Gasteiger partial charge in [-0.1, -0.05) is 0 Å². The molecule has 0 aromatic carbocycles. The van der Waals surface area contributed by atoms with E-state index < -0.39 is 25.2 Å². The first-order chi connectivity index (χ1) is 7.22. The van der Waals surface area contributed by atoms with Crippen LogP contribution in [0.5, 0.6) is 0 Å². The van der Waals surface area contributed by atoms with Gasteiger partial charge >= 0.3 is 0 Å². The summed E-state index contributed by atoms with van der Waals surface area (Å²) in [5, 5.41) is 4.48. The SMILES string of the molecule is NS(=O)(=O)c1cc2c(s1)S(=O)(=O)CCC2Cl. The van der Waals surface area contributed by atoms with Gasteiger partial charge in [0.05, 0.1) is 11.1 Å². The number of rotatable bonds is 1. The van der Waals surface area contributed by atoms with Gasteiger partial charge in [0.25, 0.3) is 0 Å². The third-order valence-corrected chi connectivity index (χ3v) is 7.65. The van der Waals surface area contributed by atoms with Crippen molar-refractivity contribution in [1.29, 1.82) is 0 Å². The Labute approximate surface area is 102 Å². The predicted octanol–water partition coefficient (Wildman–Crippen LogP) is 0.853. The van der Waals surface area contributed by atoms with E-state index in [9.17, 15) is 16.8 Å². The fourth-order valence-electron chi connectivity index (χ4n) is 1.47. The van der Waals surface area contributed by atoms with Crippen molar-refractivity contribution in [1.82, 2.24) is 0 Å². The van der Waals surface area contributed by atoms with Crippen LogP contribution in [0.15, 0.2) is 14.5 Å². The van der Waals surface area contributed by atoms with Gasteiger partial charge < -0.3 is 0 Å². The Kier molecular flexibility index (Phi) is 2.83. The van der Waals surface area contributed by atoms with E-state index in [1.54, 1.807) is 0 Å². The van der Waals surface area contributed by atoms with Crippen LogP contribution in [0, 0.1) is 0 Å². The van der Waals surface area contributed by atoms with Crippen molar-refractivity contribution >= 4 is 42.8 Å². The molecule has 0 bridgehead atoms. The maximum Gasteiger partial charge on any atom is 0.247 e. The van der Waals surface area contributed by atoms with Crippen molar-refractivity contribution in [3.8, 4) is 0 Å². The first-order valence-corrected chi connectivity index (χ1v) is 8.70. The van der Waals surface area contributed by atoms with Crippen LogP contribution in [0.25, 0.3) is 0 Å². The molecule has 1 atom stereocenters. The topological polar surface area (TPSA) is 94.3 Å². The molecule has 1 aliphatic rings. The summed E-state index contributed by atoms with van der Waals surface area (Å²) in [6, 6.07) is 1.25. The minimum atomic E-state index is -3.88. The standard InChI is InChI=1S/C7H8ClNO4S3/c8-5-1-2-15(10,11)7-4(5)3-6(14-7)16(9,12)13/h3,5H,1-2H2,(H2,9,12,13). The van der Waals surface area contributed by atoms with Crippen LogP contribution >= 0.6 is 22.9 Å². The molecule has 1 unspecified atom stereocenters. The Balaban J connectivity index is 2.71. The van der Waals surface area contributed by atoms with E-state index in [0.29, 0.717) is 16.9 Å². The highest BCUT2D eigenvalue weighted by Gasteiger charge is 2.33. The molecular formula is C7H8ClNO4S3. The number of thiophene rings is 1. The molecule has 0 amide bonds. The van der Waals surface area contributed by atoms with Crippen molar-refractivity contribution in [2.75, 3.05) is 5.75 Å². The molecule has 16 heavy (non-hydrogen) atoms. The van der Waals surface area contributed by atoms with Gasteiger partial charge in [-0.25, -0.2) is 22.0 Å². The third-order valence-electron chi connectivity index (χ3n) is 2.24. The van der Waals surface area contributed by atoms with Gasteiger partial charge in [0.1, 0.15) is 8.42 Å². The molecule has 1 aromatic rings. The lowest BCUT2D eigenvalue weighted by molar-refractivity contribution is 0.587. The molecular weight excluding hydrogens is 294 g/mol. The first kappa shape index (κ1) is 12.3. The van der Waals surface area contributed by atoms with Crippen molar-refractivity contribution in [3.63, 3.8) is 0 Å². The maximum absolute atomic E-state index is 11.7. The summed E-state index contributed by atoms with van der Waals surface area (Å²) in [6.07, 6.45) is 0.289. The number of fused-ring (bicyclic) bond motifs is 1. The van der Waals surface area contributed by atoms with Crippen LogP contribution in [-0.4, -0.2) is 22.6 Å². The van der Waals surface area contributed by atoms with Gasteiger partial charge in [-0.3, -0.25) is 0 Å². The average molecular weight is 302 g/mol. The molecule has 1 aromatic heterocycles. The molecule has 90 valence electrons. The van der Waals surface area contributed by atoms with Gasteiger partial charge in [0, 0.05) is 5.56 Å². The lowest BCUT2D eigenvalue weighted by Crippen LogP contribution is -2.15. The summed E-state index contributed by atoms with van der Waals surface area (Å²) in [4.78, 5) is 0. The summed E-state index contributed by atoms with van der Waals surface area (Å²) in [5.41, 5.74) is 0.349. The quantitative estimate of drug-likeness (QED) is 0.778. The zero-order valence-corrected chi connectivity index (χ0v) is 11.1. The Morgan fingerprint density at radius 3 is 2.62 bits per heavy atom. The number of hydrogen-bond acceptors (Lipinski definition) is 5. The maximum atomic E-state index is 11.7. The second-order valence-electron chi connectivity index (χ2n) is 3.43. The largest absolute Gasteiger partial charge is 0.247 e. The second kappa shape index (κ2) is 3.67. The highest BCUT2D eigenvalue weighted by atomic mass is 35.5. The number of primary sulfonamides is 1. The van der Waals surface area contributed by atoms with Crippen molar-refractivity contribution in [2.24, 2.45) is 5.14 Å². The Morgan fingerprint density at radius 1 is 1.50 bits per heavy atom. The van der Waals surface area contributed by atoms with Gasteiger partial charge in [-0.15, -0.1) is 22.9 Å². The summed E-state index contributed by atoms with van der Waals surface area (Å²) >= 11 is 6.61. The van der Waals surface area contributed by atoms with Crippen molar-refractivity contribution in [2.45, 2.75) is 20.2 Å². The van der Waals surface area contributed by atoms with Crippen LogP contribution in [0.3, 0.4) is 0 Å². The smallest absolute Gasteiger partial charge is 0.224 e. The van der Waals surface area contributed by atoms with E-state index in [1.165, 1.54) is 6.07 Å². The minimum absolute atomic E-state index is 0.0303. The van der Waals surface area contributed by atoms with Crippen LogP contribution in [0.2, 0.25) is 0 Å². The predicted molar refractivity (Wildman–Crippen MR) is 61.0 cm³/mol. The Bertz CT molecular complexity index is 631. The molecule has 2 heterocycles. The number of nitrogens with two attached hydrogens (primary N) is 1. The van der Waals surface area contributed by atoms with E-state index >= 15 is 0 Å². The molecule has 2 N–H and O–H groups in total. The van der Waals surface area contributed by atoms with E-state index in [2.05, 4.69) is 0 Å². The Morgan fingerprint density at radius 2 is 2.12 bits per heavy atom. The fourth-order valence-corrected chi connectivity index (χ4v) is 6.18. The summed E-state index contributed by atoms with van der Waals surface area (Å²) in [5.74, 6) is -0.0568. The van der Waals surface area contributed by atoms with Crippen molar-refractivity contribution in [3.05, 3.63) is 11.6 Å². The normalized spacial score (nSPS) is 24.0. The monoisotopic (exact) mass is 301 g/mol. The number of sulfonamides is 1. The van der Waals surface area contributed by atoms with Crippen LogP contribution in [0.4, 0.5) is 0 Å². The average Bonchev–Trinajstić information content (AvgIpc) is 2.57.